The molecule has 0 radical (unpaired) electrons. The molecule has 1 aromatic rings. The molecule has 0 heterocycles. The lowest BCUT2D eigenvalue weighted by molar-refractivity contribution is 0.214. The van der Waals surface area contributed by atoms with Crippen molar-refractivity contribution in [2.24, 2.45) is 11.3 Å². The summed E-state index contributed by atoms with van der Waals surface area (Å²) in [7, 11) is 0. The minimum Gasteiger partial charge on any atom is -0.381 e. The van der Waals surface area contributed by atoms with Gasteiger partial charge in [0.2, 0.25) is 0 Å². The van der Waals surface area contributed by atoms with E-state index in [0.29, 0.717) is 11.5 Å². The quantitative estimate of drug-likeness (QED) is 0.601. The highest BCUT2D eigenvalue weighted by Crippen LogP contribution is 2.38. The minimum absolute atomic E-state index is 0.454. The number of anilines is 1. The topological polar surface area (TPSA) is 12.0 Å². The number of aryl methyl sites for hydroxylation is 2. The fourth-order valence-electron chi connectivity index (χ4n) is 3.61. The summed E-state index contributed by atoms with van der Waals surface area (Å²) in [5, 5.41) is 3.81. The molecule has 0 spiro atoms. The molecule has 0 aromatic heterocycles. The highest BCUT2D eigenvalue weighted by molar-refractivity contribution is 9.10. The van der Waals surface area contributed by atoms with E-state index >= 15 is 0 Å². The zero-order valence-corrected chi connectivity index (χ0v) is 15.8. The van der Waals surface area contributed by atoms with Crippen molar-refractivity contribution in [2.75, 3.05) is 5.32 Å². The monoisotopic (exact) mass is 351 g/mol. The van der Waals surface area contributed by atoms with Crippen molar-refractivity contribution in [2.45, 2.75) is 72.8 Å². The molecule has 1 nitrogen and oxygen atoms in total. The number of hydrogen-bond donors (Lipinski definition) is 1. The van der Waals surface area contributed by atoms with E-state index in [2.05, 4.69) is 68.0 Å². The summed E-state index contributed by atoms with van der Waals surface area (Å²) in [6.45, 7) is 11.5. The summed E-state index contributed by atoms with van der Waals surface area (Å²) in [4.78, 5) is 0. The van der Waals surface area contributed by atoms with Crippen molar-refractivity contribution in [3.63, 3.8) is 0 Å². The number of hydrogen-bond acceptors (Lipinski definition) is 1. The molecule has 1 N–H and O–H groups in total. The smallest absolute Gasteiger partial charge is 0.0516 e. The van der Waals surface area contributed by atoms with Crippen LogP contribution in [0, 0.1) is 25.2 Å². The molecule has 2 unspecified atom stereocenters. The molecule has 0 aliphatic heterocycles. The van der Waals surface area contributed by atoms with Crippen LogP contribution in [0.1, 0.15) is 64.0 Å². The third-order valence-electron chi connectivity index (χ3n) is 4.97. The van der Waals surface area contributed by atoms with Crippen LogP contribution < -0.4 is 5.32 Å². The van der Waals surface area contributed by atoms with Crippen LogP contribution in [0.3, 0.4) is 0 Å². The average Bonchev–Trinajstić information content (AvgIpc) is 2.58. The van der Waals surface area contributed by atoms with Crippen molar-refractivity contribution < 1.29 is 0 Å². The fraction of sp³-hybridized carbons (Fsp3) is 0.684. The zero-order valence-electron chi connectivity index (χ0n) is 14.2. The van der Waals surface area contributed by atoms with Crippen LogP contribution in [0.5, 0.6) is 0 Å². The maximum Gasteiger partial charge on any atom is 0.0516 e. The number of benzene rings is 1. The van der Waals surface area contributed by atoms with Crippen LogP contribution in [-0.2, 0) is 0 Å². The van der Waals surface area contributed by atoms with Crippen LogP contribution in [0.15, 0.2) is 16.6 Å². The second kappa shape index (κ2) is 6.73. The Morgan fingerprint density at radius 1 is 1.05 bits per heavy atom. The molecular weight excluding hydrogens is 322 g/mol. The average molecular weight is 352 g/mol. The molecule has 1 fully saturated rings. The predicted molar refractivity (Wildman–Crippen MR) is 97.1 cm³/mol. The van der Waals surface area contributed by atoms with E-state index in [1.807, 2.05) is 0 Å². The van der Waals surface area contributed by atoms with Gasteiger partial charge < -0.3 is 5.32 Å². The van der Waals surface area contributed by atoms with E-state index in [1.165, 1.54) is 53.4 Å². The third kappa shape index (κ3) is 4.48. The van der Waals surface area contributed by atoms with Crippen LogP contribution in [0.2, 0.25) is 0 Å². The Morgan fingerprint density at radius 3 is 2.38 bits per heavy atom. The van der Waals surface area contributed by atoms with Gasteiger partial charge in [-0.1, -0.05) is 33.3 Å². The molecule has 2 rings (SSSR count). The Kier molecular flexibility index (Phi) is 5.40. The molecule has 0 bridgehead atoms. The van der Waals surface area contributed by atoms with Gasteiger partial charge in [-0.25, -0.2) is 0 Å². The largest absolute Gasteiger partial charge is 0.381 e. The van der Waals surface area contributed by atoms with Gasteiger partial charge in [0.25, 0.3) is 0 Å². The van der Waals surface area contributed by atoms with Gasteiger partial charge in [0, 0.05) is 10.5 Å². The lowest BCUT2D eigenvalue weighted by Gasteiger charge is -2.29. The normalized spacial score (nSPS) is 23.7. The lowest BCUT2D eigenvalue weighted by Crippen LogP contribution is -2.22. The third-order valence-corrected chi connectivity index (χ3v) is 5.60. The van der Waals surface area contributed by atoms with Crippen LogP contribution in [-0.4, -0.2) is 6.04 Å². The molecule has 21 heavy (non-hydrogen) atoms. The summed E-state index contributed by atoms with van der Waals surface area (Å²) in [5.41, 5.74) is 4.41. The molecule has 1 aromatic carbocycles. The first kappa shape index (κ1) is 16.9. The Bertz CT molecular complexity index is 464. The number of nitrogens with one attached hydrogen (secondary N) is 1. The second-order valence-electron chi connectivity index (χ2n) is 7.85. The number of halogens is 1. The van der Waals surface area contributed by atoms with Gasteiger partial charge in [0.05, 0.1) is 5.69 Å². The fourth-order valence-corrected chi connectivity index (χ4v) is 4.40. The van der Waals surface area contributed by atoms with Gasteiger partial charge >= 0.3 is 0 Å². The Balaban J connectivity index is 2.05. The van der Waals surface area contributed by atoms with Crippen LogP contribution >= 0.6 is 15.9 Å². The van der Waals surface area contributed by atoms with E-state index in [0.717, 1.165) is 5.92 Å². The Morgan fingerprint density at radius 2 is 1.76 bits per heavy atom. The standard InChI is InChI=1S/C19H30BrN/c1-13-11-14(2)18(17(20)12-13)21-16-8-6-7-15(9-10-16)19(3,4)5/h11-12,15-16,21H,6-10H2,1-5H3. The summed E-state index contributed by atoms with van der Waals surface area (Å²) in [6, 6.07) is 5.10. The van der Waals surface area contributed by atoms with Gasteiger partial charge in [-0.05, 0) is 84.0 Å². The maximum absolute atomic E-state index is 3.81. The Labute approximate surface area is 139 Å². The molecule has 118 valence electrons. The first-order valence-electron chi connectivity index (χ1n) is 8.30. The SMILES string of the molecule is Cc1cc(C)c(NC2CCCC(C(C)(C)C)CC2)c(Br)c1. The molecule has 2 heteroatoms. The van der Waals surface area contributed by atoms with Gasteiger partial charge in [-0.15, -0.1) is 0 Å². The second-order valence-corrected chi connectivity index (χ2v) is 8.71. The van der Waals surface area contributed by atoms with Crippen LogP contribution in [0.4, 0.5) is 5.69 Å². The molecule has 1 aliphatic carbocycles. The predicted octanol–water partition coefficient (Wildman–Crippen LogP) is 6.47. The Hall–Kier alpha value is -0.500. The lowest BCUT2D eigenvalue weighted by atomic mass is 9.76. The zero-order chi connectivity index (χ0) is 15.6. The summed E-state index contributed by atoms with van der Waals surface area (Å²) < 4.78 is 1.21. The summed E-state index contributed by atoms with van der Waals surface area (Å²) >= 11 is 3.73. The van der Waals surface area contributed by atoms with Crippen LogP contribution in [0.25, 0.3) is 0 Å². The van der Waals surface area contributed by atoms with Gasteiger partial charge in [0.1, 0.15) is 0 Å². The highest BCUT2D eigenvalue weighted by Gasteiger charge is 2.28. The van der Waals surface area contributed by atoms with E-state index in [-0.39, 0.29) is 0 Å². The van der Waals surface area contributed by atoms with E-state index < -0.39 is 0 Å². The van der Waals surface area contributed by atoms with Crippen molar-refractivity contribution in [1.29, 1.82) is 0 Å². The number of rotatable bonds is 2. The van der Waals surface area contributed by atoms with E-state index in [4.69, 9.17) is 0 Å². The van der Waals surface area contributed by atoms with E-state index in [1.54, 1.807) is 0 Å². The maximum atomic E-state index is 3.81. The van der Waals surface area contributed by atoms with Gasteiger partial charge in [-0.3, -0.25) is 0 Å². The molecule has 1 saturated carbocycles. The first-order valence-corrected chi connectivity index (χ1v) is 9.10. The first-order chi connectivity index (χ1) is 9.77. The van der Waals surface area contributed by atoms with Crippen molar-refractivity contribution in [3.05, 3.63) is 27.7 Å². The highest BCUT2D eigenvalue weighted by atomic mass is 79.9. The van der Waals surface area contributed by atoms with E-state index in [9.17, 15) is 0 Å². The summed E-state index contributed by atoms with van der Waals surface area (Å²) in [5.74, 6) is 0.867. The molecule has 0 saturated heterocycles. The van der Waals surface area contributed by atoms with Crippen molar-refractivity contribution >= 4 is 21.6 Å². The molecular formula is C19H30BrN. The minimum atomic E-state index is 0.454. The van der Waals surface area contributed by atoms with Gasteiger partial charge in [0.15, 0.2) is 0 Å². The van der Waals surface area contributed by atoms with Crippen molar-refractivity contribution in [3.8, 4) is 0 Å². The van der Waals surface area contributed by atoms with Crippen molar-refractivity contribution in [1.82, 2.24) is 0 Å². The molecule has 0 amide bonds. The summed E-state index contributed by atoms with van der Waals surface area (Å²) in [6.07, 6.45) is 6.68. The van der Waals surface area contributed by atoms with Gasteiger partial charge in [-0.2, -0.15) is 0 Å². The molecule has 1 aliphatic rings. The molecule has 2 atom stereocenters.